The topological polar surface area (TPSA) is 226 Å². The lowest BCUT2D eigenvalue weighted by Gasteiger charge is -2.11. The van der Waals surface area contributed by atoms with Gasteiger partial charge in [-0.05, 0) is 99.8 Å². The number of hydrogen-bond acceptors (Lipinski definition) is 13. The van der Waals surface area contributed by atoms with E-state index in [0.717, 1.165) is 5.56 Å². The fraction of sp³-hybridized carbons (Fsp3) is 0.100. The molecule has 0 saturated heterocycles. The van der Waals surface area contributed by atoms with Crippen molar-refractivity contribution in [3.05, 3.63) is 176 Å². The number of benzene rings is 3. The van der Waals surface area contributed by atoms with E-state index in [1.165, 1.54) is 30.1 Å². The normalized spacial score (nSPS) is 10.7. The summed E-state index contributed by atoms with van der Waals surface area (Å²) in [5.74, 6) is -0.0347. The van der Waals surface area contributed by atoms with Gasteiger partial charge >= 0.3 is 11.4 Å². The molecule has 0 fully saturated rings. The van der Waals surface area contributed by atoms with Crippen molar-refractivity contribution in [3.8, 4) is 5.75 Å². The van der Waals surface area contributed by atoms with E-state index in [-0.39, 0.29) is 56.3 Å². The number of pyridine rings is 2. The van der Waals surface area contributed by atoms with Crippen molar-refractivity contribution < 1.29 is 24.2 Å². The van der Waals surface area contributed by atoms with Gasteiger partial charge in [-0.2, -0.15) is 0 Å². The van der Waals surface area contributed by atoms with Gasteiger partial charge in [-0.25, -0.2) is 9.97 Å². The van der Waals surface area contributed by atoms with Gasteiger partial charge in [-0.3, -0.25) is 39.6 Å². The highest BCUT2D eigenvalue weighted by atomic mass is 79.9. The molecule has 7 rings (SSSR count). The molecule has 0 amide bonds. The summed E-state index contributed by atoms with van der Waals surface area (Å²) in [4.78, 5) is 56.4. The Bertz CT molecular complexity index is 2820. The zero-order valence-electron chi connectivity index (χ0n) is 31.9. The first kappa shape index (κ1) is 44.0. The molecule has 0 saturated carbocycles. The maximum Gasteiger partial charge on any atom is 0.334 e. The molecule has 4 heterocycles. The minimum Gasteiger partial charge on any atom is -0.497 e. The van der Waals surface area contributed by atoms with Crippen LogP contribution in [0, 0.1) is 34.1 Å². The van der Waals surface area contributed by atoms with Crippen LogP contribution in [0.5, 0.6) is 5.75 Å². The number of ketones is 2. The largest absolute Gasteiger partial charge is 0.497 e. The molecule has 17 nitrogen and oxygen atoms in total. The smallest absolute Gasteiger partial charge is 0.334 e. The summed E-state index contributed by atoms with van der Waals surface area (Å²) in [6, 6.07) is 23.7. The summed E-state index contributed by atoms with van der Waals surface area (Å²) < 4.78 is 7.60. The maximum atomic E-state index is 13.2. The summed E-state index contributed by atoms with van der Waals surface area (Å²) in [5.41, 5.74) is 2.75. The van der Waals surface area contributed by atoms with Crippen molar-refractivity contribution in [3.63, 3.8) is 0 Å². The quantitative estimate of drug-likeness (QED) is 0.0423. The fourth-order valence-corrected chi connectivity index (χ4v) is 7.00. The van der Waals surface area contributed by atoms with Crippen LogP contribution in [0.15, 0.2) is 107 Å². The van der Waals surface area contributed by atoms with Gasteiger partial charge in [0.15, 0.2) is 11.6 Å². The van der Waals surface area contributed by atoms with E-state index in [1.807, 2.05) is 24.3 Å². The number of nitro groups is 2. The molecule has 0 aliphatic carbocycles. The summed E-state index contributed by atoms with van der Waals surface area (Å²) >= 11 is 18.8. The van der Waals surface area contributed by atoms with Crippen molar-refractivity contribution in [2.75, 3.05) is 17.7 Å². The van der Waals surface area contributed by atoms with Crippen LogP contribution in [0.4, 0.5) is 34.4 Å². The molecular weight excluding hydrogens is 963 g/mol. The molecule has 3 N–H and O–H groups in total. The minimum absolute atomic E-state index is 0.00110. The van der Waals surface area contributed by atoms with Crippen LogP contribution in [0.2, 0.25) is 10.0 Å². The predicted molar refractivity (Wildman–Crippen MR) is 236 cm³/mol. The number of nitrogens with one attached hydrogen (secondary N) is 3. The Morgan fingerprint density at radius 2 is 1.25 bits per heavy atom. The first-order valence-corrected chi connectivity index (χ1v) is 20.0. The molecule has 0 bridgehead atoms. The van der Waals surface area contributed by atoms with E-state index in [2.05, 4.69) is 67.8 Å². The van der Waals surface area contributed by atoms with Gasteiger partial charge < -0.3 is 15.4 Å². The number of aryl methyl sites for hydroxylation is 1. The Balaban J connectivity index is 0.000000213. The Morgan fingerprint density at radius 3 is 1.72 bits per heavy atom. The molecule has 21 heteroatoms. The third-order valence-electron chi connectivity index (χ3n) is 8.92. The monoisotopic (exact) mass is 990 g/mol. The average Bonchev–Trinajstić information content (AvgIpc) is 3.75. The van der Waals surface area contributed by atoms with E-state index in [9.17, 15) is 29.8 Å². The molecule has 310 valence electrons. The molecule has 61 heavy (non-hydrogen) atoms. The second-order valence-electron chi connectivity index (χ2n) is 12.8. The third kappa shape index (κ3) is 10.1. The van der Waals surface area contributed by atoms with Gasteiger partial charge in [-0.1, -0.05) is 59.6 Å². The highest BCUT2D eigenvalue weighted by Crippen LogP contribution is 2.35. The van der Waals surface area contributed by atoms with Crippen LogP contribution >= 0.6 is 55.1 Å². The molecule has 0 spiro atoms. The molecule has 4 aromatic heterocycles. The van der Waals surface area contributed by atoms with Crippen molar-refractivity contribution >= 4 is 101 Å². The molecule has 0 aliphatic heterocycles. The van der Waals surface area contributed by atoms with Crippen LogP contribution in [-0.2, 0) is 6.54 Å². The summed E-state index contributed by atoms with van der Waals surface area (Å²) in [5, 5.41) is 40.5. The molecular formula is C40H30Br2Cl2N10O7. The number of H-pyrrole nitrogens is 1. The molecule has 0 radical (unpaired) electrons. The van der Waals surface area contributed by atoms with Gasteiger partial charge in [0.1, 0.15) is 26.3 Å². The molecule has 3 aromatic carbocycles. The van der Waals surface area contributed by atoms with Crippen molar-refractivity contribution in [2.45, 2.75) is 20.4 Å². The number of aromatic amines is 1. The zero-order valence-corrected chi connectivity index (χ0v) is 36.6. The number of rotatable bonds is 13. The number of carbonyl (C=O) groups excluding carboxylic acids is 2. The van der Waals surface area contributed by atoms with Crippen LogP contribution < -0.4 is 15.4 Å². The number of anilines is 4. The van der Waals surface area contributed by atoms with Gasteiger partial charge in [-0.15, -0.1) is 10.2 Å². The van der Waals surface area contributed by atoms with E-state index in [1.54, 1.807) is 68.6 Å². The van der Waals surface area contributed by atoms with Crippen LogP contribution in [0.3, 0.4) is 0 Å². The lowest BCUT2D eigenvalue weighted by atomic mass is 10.0. The Kier molecular flexibility index (Phi) is 13.9. The first-order valence-electron chi connectivity index (χ1n) is 17.6. The summed E-state index contributed by atoms with van der Waals surface area (Å²) in [6.07, 6.45) is 2.74. The van der Waals surface area contributed by atoms with Crippen molar-refractivity contribution in [2.24, 2.45) is 0 Å². The number of aromatic nitrogens is 6. The summed E-state index contributed by atoms with van der Waals surface area (Å²) in [6.45, 7) is 3.47. The first-order chi connectivity index (χ1) is 29.2. The second kappa shape index (κ2) is 19.2. The molecule has 7 aromatic rings. The average molecular weight is 993 g/mol. The molecule has 0 unspecified atom stereocenters. The third-order valence-corrected chi connectivity index (χ3v) is 10.4. The van der Waals surface area contributed by atoms with Gasteiger partial charge in [0.2, 0.25) is 11.6 Å². The van der Waals surface area contributed by atoms with Crippen molar-refractivity contribution in [1.29, 1.82) is 0 Å². The predicted octanol–water partition coefficient (Wildman–Crippen LogP) is 10.4. The van der Waals surface area contributed by atoms with E-state index in [4.69, 9.17) is 27.9 Å². The molecule has 0 atom stereocenters. The lowest BCUT2D eigenvalue weighted by molar-refractivity contribution is -0.384. The Labute approximate surface area is 373 Å². The van der Waals surface area contributed by atoms with Crippen molar-refractivity contribution in [1.82, 2.24) is 29.9 Å². The van der Waals surface area contributed by atoms with E-state index in [0.29, 0.717) is 54.8 Å². The van der Waals surface area contributed by atoms with Crippen LogP contribution in [0.25, 0.3) is 0 Å². The zero-order chi connectivity index (χ0) is 44.0. The van der Waals surface area contributed by atoms with Crippen LogP contribution in [0.1, 0.15) is 48.8 Å². The van der Waals surface area contributed by atoms with Gasteiger partial charge in [0.05, 0.1) is 56.0 Å². The maximum absolute atomic E-state index is 13.2. The Hall–Kier alpha value is -6.54. The summed E-state index contributed by atoms with van der Waals surface area (Å²) in [7, 11) is 1.58. The standard InChI is InChI=1S/C24H19BrClN5O4.C16H11BrClN5O3/c1-14-22(31(33)34)24(29-30(14)13-15-7-9-16(35-2)10-8-15)28-20-11-21(25)27-12-18(20)23(32)17-5-3-4-6-19(17)26;1-8-14(23(25)26)16(22-21-8)20-12-6-13(17)19-7-10(12)15(24)9-4-2-3-5-11(9)18/h3-12H,13H2,1-2H3,(H,27,28,29);2-7H,1H3,(H2,19,20,21,22). The highest BCUT2D eigenvalue weighted by molar-refractivity contribution is 9.10. The number of ether oxygens (including phenoxy) is 1. The van der Waals surface area contributed by atoms with E-state index >= 15 is 0 Å². The lowest BCUT2D eigenvalue weighted by Crippen LogP contribution is -2.08. The van der Waals surface area contributed by atoms with Gasteiger partial charge in [0.25, 0.3) is 0 Å². The number of methoxy groups -OCH3 is 1. The number of carbonyl (C=O) groups is 2. The SMILES string of the molecule is COc1ccc(Cn2nc(Nc3cc(Br)ncc3C(=O)c3ccccc3Cl)c([N+](=O)[O-])c2C)cc1.Cc1[nH]nc(Nc2cc(Br)ncc2C(=O)c2ccccc2Cl)c1[N+](=O)[O-]. The number of nitrogens with zero attached hydrogens (tertiary/aromatic N) is 7. The Morgan fingerprint density at radius 1 is 0.754 bits per heavy atom. The van der Waals surface area contributed by atoms with E-state index < -0.39 is 9.85 Å². The fourth-order valence-electron chi connectivity index (χ4n) is 5.90. The highest BCUT2D eigenvalue weighted by Gasteiger charge is 2.28. The molecule has 0 aliphatic rings. The number of halogens is 4. The van der Waals surface area contributed by atoms with Crippen LogP contribution in [-0.4, -0.2) is 58.5 Å². The van der Waals surface area contributed by atoms with Gasteiger partial charge in [0, 0.05) is 23.5 Å². The number of hydrogen-bond donors (Lipinski definition) is 3. The second-order valence-corrected chi connectivity index (χ2v) is 15.3. The minimum atomic E-state index is -0.549.